The van der Waals surface area contributed by atoms with Gasteiger partial charge in [0.25, 0.3) is 10.2 Å². The zero-order valence-corrected chi connectivity index (χ0v) is 21.4. The van der Waals surface area contributed by atoms with Gasteiger partial charge in [-0.25, -0.2) is 0 Å². The number of benzene rings is 1. The van der Waals surface area contributed by atoms with E-state index in [9.17, 15) is 36.3 Å². The van der Waals surface area contributed by atoms with Crippen molar-refractivity contribution in [2.75, 3.05) is 39.3 Å². The highest BCUT2D eigenvalue weighted by Gasteiger charge is 2.44. The average Bonchev–Trinajstić information content (AvgIpc) is 3.36. The molecule has 3 saturated heterocycles. The van der Waals surface area contributed by atoms with Crippen molar-refractivity contribution in [2.24, 2.45) is 11.8 Å². The summed E-state index contributed by atoms with van der Waals surface area (Å²) in [4.78, 5) is 27.9. The number of nitrogens with one attached hydrogen (secondary N) is 1. The number of piperidine rings is 1. The highest BCUT2D eigenvalue weighted by molar-refractivity contribution is 7.86. The van der Waals surface area contributed by atoms with E-state index in [1.165, 1.54) is 25.6 Å². The van der Waals surface area contributed by atoms with E-state index in [2.05, 4.69) is 5.32 Å². The molecule has 2 N–H and O–H groups in total. The van der Waals surface area contributed by atoms with E-state index < -0.39 is 52.5 Å². The van der Waals surface area contributed by atoms with Crippen molar-refractivity contribution in [3.05, 3.63) is 35.4 Å². The summed E-state index contributed by atoms with van der Waals surface area (Å²) in [6.07, 6.45) is -2.77. The number of aliphatic hydroxyl groups is 1. The number of nitriles is 1. The number of carbonyl (C=O) groups is 2. The number of nitrogens with zero attached hydrogens (tertiary/aromatic N) is 4. The van der Waals surface area contributed by atoms with Gasteiger partial charge in [-0.3, -0.25) is 9.59 Å². The first-order valence-corrected chi connectivity index (χ1v) is 13.9. The molecule has 14 heteroatoms. The van der Waals surface area contributed by atoms with Crippen molar-refractivity contribution in [1.29, 1.82) is 5.26 Å². The van der Waals surface area contributed by atoms with Crippen LogP contribution in [0.5, 0.6) is 0 Å². The minimum atomic E-state index is -4.58. The van der Waals surface area contributed by atoms with Crippen molar-refractivity contribution in [1.82, 2.24) is 18.8 Å². The van der Waals surface area contributed by atoms with Gasteiger partial charge in [-0.05, 0) is 43.4 Å². The fraction of sp³-hybridized carbons (Fsp3) is 0.625. The predicted octanol–water partition coefficient (Wildman–Crippen LogP) is 1.26. The average molecular weight is 558 g/mol. The lowest BCUT2D eigenvalue weighted by Crippen LogP contribution is -2.57. The number of carbonyl (C=O) groups excluding carboxylic acids is 2. The van der Waals surface area contributed by atoms with Gasteiger partial charge < -0.3 is 15.3 Å². The molecule has 4 rings (SSSR count). The molecule has 10 nitrogen and oxygen atoms in total. The standard InChI is InChI=1S/C24H30F3N5O5S/c25-24(26,27)19-6-1-4-17(10-19)20(15-33)29-22(34)21-7-3-9-32(21)23(35)18-5-2-8-30(14-18)38(36,37)31-12-16(11-28)13-31/h1,4,6,10,16,18,20-21,33H,2-3,5,7-9,12-15H2,(H,29,34)/t18-,20+,21+/m0/s1. The fourth-order valence-electron chi connectivity index (χ4n) is 5.20. The second kappa shape index (κ2) is 11.2. The molecule has 3 heterocycles. The monoisotopic (exact) mass is 557 g/mol. The summed E-state index contributed by atoms with van der Waals surface area (Å²) in [6, 6.07) is 4.41. The molecule has 0 aromatic heterocycles. The van der Waals surface area contributed by atoms with E-state index >= 15 is 0 Å². The topological polar surface area (TPSA) is 134 Å². The number of hydrogen-bond donors (Lipinski definition) is 2. The van der Waals surface area contributed by atoms with Gasteiger partial charge in [0.2, 0.25) is 11.8 Å². The van der Waals surface area contributed by atoms with Crippen molar-refractivity contribution in [2.45, 2.75) is 43.9 Å². The number of likely N-dealkylation sites (tertiary alicyclic amines) is 1. The molecule has 1 aromatic rings. The highest BCUT2D eigenvalue weighted by Crippen LogP contribution is 2.32. The van der Waals surface area contributed by atoms with Crippen molar-refractivity contribution in [3.8, 4) is 6.07 Å². The lowest BCUT2D eigenvalue weighted by atomic mass is 9.97. The number of halogens is 3. The highest BCUT2D eigenvalue weighted by atomic mass is 32.2. The smallest absolute Gasteiger partial charge is 0.394 e. The maximum absolute atomic E-state index is 13.4. The zero-order valence-electron chi connectivity index (χ0n) is 20.6. The molecular weight excluding hydrogens is 527 g/mol. The van der Waals surface area contributed by atoms with Crippen LogP contribution in [-0.4, -0.2) is 84.2 Å². The van der Waals surface area contributed by atoms with E-state index in [0.29, 0.717) is 32.2 Å². The maximum atomic E-state index is 13.4. The van der Waals surface area contributed by atoms with Gasteiger partial charge >= 0.3 is 6.18 Å². The Balaban J connectivity index is 1.41. The van der Waals surface area contributed by atoms with Crippen LogP contribution in [0.4, 0.5) is 13.2 Å². The van der Waals surface area contributed by atoms with E-state index in [0.717, 1.165) is 12.1 Å². The van der Waals surface area contributed by atoms with E-state index in [4.69, 9.17) is 5.26 Å². The zero-order chi connectivity index (χ0) is 27.7. The Morgan fingerprint density at radius 2 is 1.84 bits per heavy atom. The molecule has 0 bridgehead atoms. The van der Waals surface area contributed by atoms with Crippen LogP contribution in [0.3, 0.4) is 0 Å². The molecule has 208 valence electrons. The second-order valence-electron chi connectivity index (χ2n) is 9.90. The van der Waals surface area contributed by atoms with E-state index in [1.54, 1.807) is 0 Å². The molecule has 1 aromatic carbocycles. The first-order valence-electron chi connectivity index (χ1n) is 12.5. The van der Waals surface area contributed by atoms with Crippen molar-refractivity contribution in [3.63, 3.8) is 0 Å². The minimum absolute atomic E-state index is 0.0246. The van der Waals surface area contributed by atoms with Gasteiger partial charge in [-0.2, -0.15) is 35.5 Å². The summed E-state index contributed by atoms with van der Waals surface area (Å²) >= 11 is 0. The van der Waals surface area contributed by atoms with Crippen LogP contribution in [0.15, 0.2) is 24.3 Å². The van der Waals surface area contributed by atoms with Crippen LogP contribution < -0.4 is 5.32 Å². The van der Waals surface area contributed by atoms with Gasteiger partial charge in [0, 0.05) is 32.7 Å². The molecule has 3 aliphatic rings. The van der Waals surface area contributed by atoms with Gasteiger partial charge in [0.05, 0.1) is 36.1 Å². The number of alkyl halides is 3. The summed E-state index contributed by atoms with van der Waals surface area (Å²) in [5, 5.41) is 21.3. The summed E-state index contributed by atoms with van der Waals surface area (Å²) in [7, 11) is -3.79. The van der Waals surface area contributed by atoms with Gasteiger partial charge in [0.1, 0.15) is 6.04 Å². The SMILES string of the molecule is N#CC1CN(S(=O)(=O)N2CCC[C@H](C(=O)N3CCC[C@@H]3C(=O)N[C@H](CO)c3cccc(C(F)(F)F)c3)C2)C1. The molecule has 0 saturated carbocycles. The molecule has 3 aliphatic heterocycles. The summed E-state index contributed by atoms with van der Waals surface area (Å²) in [5.41, 5.74) is -0.817. The number of rotatable bonds is 7. The van der Waals surface area contributed by atoms with Gasteiger partial charge in [-0.15, -0.1) is 0 Å². The van der Waals surface area contributed by atoms with E-state index in [1.807, 2.05) is 6.07 Å². The Morgan fingerprint density at radius 1 is 1.13 bits per heavy atom. The predicted molar refractivity (Wildman–Crippen MR) is 128 cm³/mol. The molecule has 3 atom stereocenters. The molecule has 38 heavy (non-hydrogen) atoms. The Bertz CT molecular complexity index is 1200. The third kappa shape index (κ3) is 5.80. The van der Waals surface area contributed by atoms with Crippen molar-refractivity contribution < 1.29 is 36.3 Å². The van der Waals surface area contributed by atoms with Crippen LogP contribution in [0.1, 0.15) is 42.9 Å². The number of amides is 2. The Hall–Kier alpha value is -2.73. The van der Waals surface area contributed by atoms with Crippen molar-refractivity contribution >= 4 is 22.0 Å². The lowest BCUT2D eigenvalue weighted by Gasteiger charge is -2.41. The molecule has 0 aliphatic carbocycles. The molecule has 0 radical (unpaired) electrons. The second-order valence-corrected chi connectivity index (χ2v) is 11.8. The first-order chi connectivity index (χ1) is 18.0. The molecule has 3 fully saturated rings. The third-order valence-corrected chi connectivity index (χ3v) is 9.31. The Kier molecular flexibility index (Phi) is 8.32. The third-order valence-electron chi connectivity index (χ3n) is 7.37. The molecule has 0 unspecified atom stereocenters. The molecule has 0 spiro atoms. The molecular formula is C24H30F3N5O5S. The lowest BCUT2D eigenvalue weighted by molar-refractivity contribution is -0.143. The normalized spacial score (nSPS) is 24.4. The fourth-order valence-corrected chi connectivity index (χ4v) is 6.99. The van der Waals surface area contributed by atoms with Crippen LogP contribution in [0.2, 0.25) is 0 Å². The Morgan fingerprint density at radius 3 is 2.50 bits per heavy atom. The largest absolute Gasteiger partial charge is 0.416 e. The first kappa shape index (κ1) is 28.3. The van der Waals surface area contributed by atoms with Crippen LogP contribution in [0, 0.1) is 23.2 Å². The van der Waals surface area contributed by atoms with Crippen LogP contribution >= 0.6 is 0 Å². The van der Waals surface area contributed by atoms with Gasteiger partial charge in [0.15, 0.2) is 0 Å². The minimum Gasteiger partial charge on any atom is -0.394 e. The summed E-state index contributed by atoms with van der Waals surface area (Å²) in [5.74, 6) is -1.91. The Labute approximate surface area is 219 Å². The number of hydrogen-bond acceptors (Lipinski definition) is 6. The van der Waals surface area contributed by atoms with Crippen LogP contribution in [0.25, 0.3) is 0 Å². The van der Waals surface area contributed by atoms with Crippen LogP contribution in [-0.2, 0) is 26.0 Å². The number of aliphatic hydroxyl groups excluding tert-OH is 1. The quantitative estimate of drug-likeness (QED) is 0.519. The maximum Gasteiger partial charge on any atom is 0.416 e. The van der Waals surface area contributed by atoms with Gasteiger partial charge in [-0.1, -0.05) is 12.1 Å². The molecule has 2 amide bonds. The summed E-state index contributed by atoms with van der Waals surface area (Å²) in [6.45, 7) is 0.151. The van der Waals surface area contributed by atoms with E-state index in [-0.39, 0.29) is 43.6 Å². The summed E-state index contributed by atoms with van der Waals surface area (Å²) < 4.78 is 67.7.